The van der Waals surface area contributed by atoms with Gasteiger partial charge in [-0.05, 0) is 44.2 Å². The Bertz CT molecular complexity index is 1190. The predicted molar refractivity (Wildman–Crippen MR) is 109 cm³/mol. The number of ether oxygens (including phenoxy) is 1. The molecule has 152 valence electrons. The van der Waals surface area contributed by atoms with Gasteiger partial charge in [0, 0.05) is 11.5 Å². The number of hydrogen-bond acceptors (Lipinski definition) is 5. The summed E-state index contributed by atoms with van der Waals surface area (Å²) in [6, 6.07) is 12.5. The number of nitrogens with zero attached hydrogens (tertiary/aromatic N) is 2. The van der Waals surface area contributed by atoms with Gasteiger partial charge in [-0.1, -0.05) is 12.1 Å². The first-order valence-corrected chi connectivity index (χ1v) is 9.31. The fourth-order valence-electron chi connectivity index (χ4n) is 3.37. The fourth-order valence-corrected chi connectivity index (χ4v) is 3.37. The van der Waals surface area contributed by atoms with Gasteiger partial charge in [0.1, 0.15) is 12.4 Å². The van der Waals surface area contributed by atoms with Crippen LogP contribution in [0.2, 0.25) is 0 Å². The summed E-state index contributed by atoms with van der Waals surface area (Å²) in [5.74, 6) is -1.99. The zero-order valence-electron chi connectivity index (χ0n) is 16.3. The van der Waals surface area contributed by atoms with E-state index in [1.807, 2.05) is 0 Å². The normalized spacial score (nSPS) is 14.1. The molecule has 2 amide bonds. The highest BCUT2D eigenvalue weighted by atomic mass is 19.1. The Morgan fingerprint density at radius 1 is 1.20 bits per heavy atom. The van der Waals surface area contributed by atoms with Crippen LogP contribution in [0.4, 0.5) is 15.8 Å². The summed E-state index contributed by atoms with van der Waals surface area (Å²) in [7, 11) is 0. The molecule has 2 aromatic carbocycles. The maximum atomic E-state index is 13.4. The van der Waals surface area contributed by atoms with E-state index in [0.717, 1.165) is 0 Å². The van der Waals surface area contributed by atoms with E-state index >= 15 is 0 Å². The lowest BCUT2D eigenvalue weighted by Gasteiger charge is -2.30. The summed E-state index contributed by atoms with van der Waals surface area (Å²) in [6.45, 7) is 2.90. The number of carbonyl (C=O) groups is 3. The van der Waals surface area contributed by atoms with E-state index in [1.165, 1.54) is 30.0 Å². The van der Waals surface area contributed by atoms with Crippen LogP contribution >= 0.6 is 0 Å². The maximum Gasteiger partial charge on any atom is 0.340 e. The highest BCUT2D eigenvalue weighted by Gasteiger charge is 2.31. The molecule has 1 aliphatic rings. The minimum absolute atomic E-state index is 0.167. The van der Waals surface area contributed by atoms with E-state index in [2.05, 4.69) is 10.3 Å². The first-order valence-electron chi connectivity index (χ1n) is 9.31. The molecular weight excluding hydrogens is 389 g/mol. The number of halogens is 1. The average Bonchev–Trinajstić information content (AvgIpc) is 2.71. The van der Waals surface area contributed by atoms with Crippen LogP contribution in [0.25, 0.3) is 10.9 Å². The fraction of sp³-hybridized carbons (Fsp3) is 0.182. The van der Waals surface area contributed by atoms with E-state index < -0.39 is 23.8 Å². The molecular formula is C22H18FN3O4. The Morgan fingerprint density at radius 2 is 1.97 bits per heavy atom. The van der Waals surface area contributed by atoms with Crippen molar-refractivity contribution < 1.29 is 23.5 Å². The number of esters is 1. The third-order valence-electron chi connectivity index (χ3n) is 4.86. The molecule has 0 bridgehead atoms. The quantitative estimate of drug-likeness (QED) is 0.674. The monoisotopic (exact) mass is 407 g/mol. The van der Waals surface area contributed by atoms with Crippen molar-refractivity contribution in [3.05, 3.63) is 65.6 Å². The molecule has 2 heterocycles. The van der Waals surface area contributed by atoms with Crippen molar-refractivity contribution in [3.8, 4) is 0 Å². The molecule has 1 aromatic heterocycles. The summed E-state index contributed by atoms with van der Waals surface area (Å²) >= 11 is 0. The van der Waals surface area contributed by atoms with E-state index in [-0.39, 0.29) is 18.0 Å². The van der Waals surface area contributed by atoms with Crippen molar-refractivity contribution in [1.29, 1.82) is 0 Å². The number of nitrogens with one attached hydrogen (secondary N) is 1. The molecule has 1 aliphatic heterocycles. The van der Waals surface area contributed by atoms with Crippen LogP contribution in [0.1, 0.15) is 23.0 Å². The minimum Gasteiger partial charge on any atom is -0.449 e. The molecule has 0 spiro atoms. The second-order valence-electron chi connectivity index (χ2n) is 7.00. The van der Waals surface area contributed by atoms with Crippen LogP contribution in [0.5, 0.6) is 0 Å². The zero-order valence-corrected chi connectivity index (χ0v) is 16.3. The predicted octanol–water partition coefficient (Wildman–Crippen LogP) is 3.21. The Hall–Kier alpha value is -3.81. The Labute approximate surface area is 171 Å². The molecule has 3 aromatic rings. The van der Waals surface area contributed by atoms with Crippen molar-refractivity contribution in [2.75, 3.05) is 16.8 Å². The van der Waals surface area contributed by atoms with Crippen molar-refractivity contribution in [2.24, 2.45) is 0 Å². The Morgan fingerprint density at radius 3 is 2.77 bits per heavy atom. The summed E-state index contributed by atoms with van der Waals surface area (Å²) in [6.07, 6.45) is -1.13. The smallest absolute Gasteiger partial charge is 0.340 e. The van der Waals surface area contributed by atoms with Crippen LogP contribution in [0, 0.1) is 12.7 Å². The third kappa shape index (κ3) is 3.59. The lowest BCUT2D eigenvalue weighted by Crippen LogP contribution is -2.47. The first kappa shape index (κ1) is 19.5. The van der Waals surface area contributed by atoms with Gasteiger partial charge in [-0.2, -0.15) is 0 Å². The molecule has 7 nitrogen and oxygen atoms in total. The number of aromatic nitrogens is 1. The number of benzene rings is 2. The number of rotatable bonds is 3. The van der Waals surface area contributed by atoms with Crippen LogP contribution in [-0.4, -0.2) is 35.4 Å². The number of anilines is 2. The molecule has 1 unspecified atom stereocenters. The zero-order chi connectivity index (χ0) is 21.4. The summed E-state index contributed by atoms with van der Waals surface area (Å²) < 4.78 is 18.8. The number of fused-ring (bicyclic) bond motifs is 2. The molecule has 1 atom stereocenters. The number of amides is 2. The minimum atomic E-state index is -1.13. The SMILES string of the molecule is Cc1nc2cc(F)ccc2cc1C(=O)OC(C)C(=O)N1CC(=O)Nc2ccccc21. The highest BCUT2D eigenvalue weighted by Crippen LogP contribution is 2.29. The van der Waals surface area contributed by atoms with Crippen molar-refractivity contribution in [2.45, 2.75) is 20.0 Å². The summed E-state index contributed by atoms with van der Waals surface area (Å²) in [5, 5.41) is 3.28. The number of aryl methyl sites for hydroxylation is 1. The molecule has 0 radical (unpaired) electrons. The summed E-state index contributed by atoms with van der Waals surface area (Å²) in [4.78, 5) is 43.1. The van der Waals surface area contributed by atoms with Crippen LogP contribution in [0.15, 0.2) is 48.5 Å². The maximum absolute atomic E-state index is 13.4. The van der Waals surface area contributed by atoms with Gasteiger partial charge < -0.3 is 10.1 Å². The van der Waals surface area contributed by atoms with Crippen LogP contribution in [-0.2, 0) is 14.3 Å². The van der Waals surface area contributed by atoms with Gasteiger partial charge in [0.2, 0.25) is 5.91 Å². The number of pyridine rings is 1. The molecule has 0 fully saturated rings. The second-order valence-corrected chi connectivity index (χ2v) is 7.00. The number of para-hydroxylation sites is 2. The van der Waals surface area contributed by atoms with Crippen LogP contribution < -0.4 is 10.2 Å². The molecule has 0 saturated heterocycles. The standard InChI is InChI=1S/C22H18FN3O4/c1-12-16(9-14-7-8-15(23)10-18(14)24-12)22(29)30-13(2)21(28)26-11-20(27)25-17-5-3-4-6-19(17)26/h3-10,13H,11H2,1-2H3,(H,25,27). The Balaban J connectivity index is 1.56. The van der Waals surface area contributed by atoms with Gasteiger partial charge in [-0.3, -0.25) is 19.5 Å². The molecule has 0 aliphatic carbocycles. The molecule has 1 N–H and O–H groups in total. The second kappa shape index (κ2) is 7.55. The lowest BCUT2D eigenvalue weighted by molar-refractivity contribution is -0.128. The number of hydrogen-bond donors (Lipinski definition) is 1. The number of carbonyl (C=O) groups excluding carboxylic acids is 3. The van der Waals surface area contributed by atoms with Crippen molar-refractivity contribution >= 4 is 40.1 Å². The van der Waals surface area contributed by atoms with Gasteiger partial charge in [0.05, 0.1) is 28.1 Å². The van der Waals surface area contributed by atoms with Crippen molar-refractivity contribution in [3.63, 3.8) is 0 Å². The third-order valence-corrected chi connectivity index (χ3v) is 4.86. The molecule has 8 heteroatoms. The van der Waals surface area contributed by atoms with E-state index in [4.69, 9.17) is 4.74 Å². The van der Waals surface area contributed by atoms with E-state index in [1.54, 1.807) is 37.3 Å². The summed E-state index contributed by atoms with van der Waals surface area (Å²) in [5.41, 5.74) is 2.02. The van der Waals surface area contributed by atoms with E-state index in [0.29, 0.717) is 28.0 Å². The van der Waals surface area contributed by atoms with Gasteiger partial charge in [-0.15, -0.1) is 0 Å². The molecule has 0 saturated carbocycles. The van der Waals surface area contributed by atoms with Crippen LogP contribution in [0.3, 0.4) is 0 Å². The Kier molecular flexibility index (Phi) is 4.91. The molecule has 30 heavy (non-hydrogen) atoms. The van der Waals surface area contributed by atoms with Gasteiger partial charge in [-0.25, -0.2) is 9.18 Å². The van der Waals surface area contributed by atoms with Gasteiger partial charge in [0.25, 0.3) is 5.91 Å². The lowest BCUT2D eigenvalue weighted by atomic mass is 10.1. The average molecular weight is 407 g/mol. The molecule has 4 rings (SSSR count). The first-order chi connectivity index (χ1) is 14.3. The largest absolute Gasteiger partial charge is 0.449 e. The van der Waals surface area contributed by atoms with Gasteiger partial charge in [0.15, 0.2) is 6.10 Å². The van der Waals surface area contributed by atoms with Crippen molar-refractivity contribution in [1.82, 2.24) is 4.98 Å². The van der Waals surface area contributed by atoms with Gasteiger partial charge >= 0.3 is 5.97 Å². The highest BCUT2D eigenvalue weighted by molar-refractivity contribution is 6.11. The van der Waals surface area contributed by atoms with E-state index in [9.17, 15) is 18.8 Å². The topological polar surface area (TPSA) is 88.6 Å².